The second-order valence-electron chi connectivity index (χ2n) is 5.59. The van der Waals surface area contributed by atoms with Crippen LogP contribution in [0.4, 0.5) is 5.95 Å². The van der Waals surface area contributed by atoms with Crippen molar-refractivity contribution in [1.82, 2.24) is 14.9 Å². The minimum Gasteiger partial charge on any atom is -0.388 e. The topological polar surface area (TPSA) is 58.3 Å². The third-order valence-corrected chi connectivity index (χ3v) is 4.46. The fourth-order valence-corrected chi connectivity index (χ4v) is 3.26. The molecule has 1 aromatic heterocycles. The van der Waals surface area contributed by atoms with E-state index >= 15 is 0 Å². The molecule has 3 heterocycles. The first-order chi connectivity index (χ1) is 9.74. The van der Waals surface area contributed by atoms with Crippen molar-refractivity contribution in [3.8, 4) is 0 Å². The number of hydrogen-bond acceptors (Lipinski definition) is 5. The van der Waals surface area contributed by atoms with Gasteiger partial charge < -0.3 is 10.6 Å². The summed E-state index contributed by atoms with van der Waals surface area (Å²) in [4.78, 5) is 14.0. The minimum atomic E-state index is 0.334. The molecule has 2 fully saturated rings. The van der Waals surface area contributed by atoms with E-state index in [1.165, 1.54) is 38.8 Å². The van der Waals surface area contributed by atoms with Gasteiger partial charge in [-0.15, -0.1) is 0 Å². The molecule has 0 aliphatic carbocycles. The Morgan fingerprint density at radius 1 is 1.25 bits per heavy atom. The molecular formula is C14H21N5S. The number of rotatable bonds is 3. The number of anilines is 1. The van der Waals surface area contributed by atoms with Crippen LogP contribution in [0.15, 0.2) is 12.3 Å². The molecule has 2 aliphatic heterocycles. The molecule has 1 unspecified atom stereocenters. The van der Waals surface area contributed by atoms with Crippen molar-refractivity contribution in [3.63, 3.8) is 0 Å². The van der Waals surface area contributed by atoms with Crippen LogP contribution in [0, 0.1) is 0 Å². The van der Waals surface area contributed by atoms with E-state index in [1.807, 2.05) is 0 Å². The van der Waals surface area contributed by atoms with Crippen LogP contribution in [0.5, 0.6) is 0 Å². The summed E-state index contributed by atoms with van der Waals surface area (Å²) in [5.41, 5.74) is 6.30. The lowest BCUT2D eigenvalue weighted by atomic mass is 10.1. The molecule has 0 saturated carbocycles. The van der Waals surface area contributed by atoms with Crippen molar-refractivity contribution in [2.24, 2.45) is 5.73 Å². The number of nitrogens with zero attached hydrogens (tertiary/aromatic N) is 4. The molecule has 20 heavy (non-hydrogen) atoms. The maximum Gasteiger partial charge on any atom is 0.225 e. The normalized spacial score (nSPS) is 24.0. The quantitative estimate of drug-likeness (QED) is 0.844. The molecule has 0 bridgehead atoms. The van der Waals surface area contributed by atoms with Crippen LogP contribution < -0.4 is 10.6 Å². The first-order valence-electron chi connectivity index (χ1n) is 7.36. The molecule has 0 radical (unpaired) electrons. The van der Waals surface area contributed by atoms with Gasteiger partial charge in [-0.2, -0.15) is 0 Å². The summed E-state index contributed by atoms with van der Waals surface area (Å²) >= 11 is 4.98. The number of piperidine rings is 1. The van der Waals surface area contributed by atoms with E-state index in [9.17, 15) is 0 Å². The van der Waals surface area contributed by atoms with Crippen molar-refractivity contribution < 1.29 is 0 Å². The van der Waals surface area contributed by atoms with Gasteiger partial charge in [-0.05, 0) is 38.4 Å². The van der Waals surface area contributed by atoms with Crippen LogP contribution in [0.25, 0.3) is 0 Å². The summed E-state index contributed by atoms with van der Waals surface area (Å²) in [6.45, 7) is 4.52. The summed E-state index contributed by atoms with van der Waals surface area (Å²) in [5.74, 6) is 0.759. The van der Waals surface area contributed by atoms with Gasteiger partial charge in [0.15, 0.2) is 0 Å². The van der Waals surface area contributed by atoms with E-state index in [2.05, 4.69) is 19.8 Å². The van der Waals surface area contributed by atoms with Crippen molar-refractivity contribution in [3.05, 3.63) is 18.0 Å². The molecule has 2 saturated heterocycles. The SMILES string of the molecule is NC(=S)c1ccnc(N2CCC(N3CCCCC3)C2)n1. The molecule has 2 aliphatic rings. The molecule has 6 heteroatoms. The second kappa shape index (κ2) is 6.01. The standard InChI is InChI=1S/C14H21N5S/c15-13(20)12-4-6-16-14(17-12)19-9-5-11(10-19)18-7-2-1-3-8-18/h4,6,11H,1-3,5,7-10H2,(H2,15,20). The van der Waals surface area contributed by atoms with E-state index in [4.69, 9.17) is 18.0 Å². The molecule has 5 nitrogen and oxygen atoms in total. The number of nitrogens with two attached hydrogens (primary N) is 1. The van der Waals surface area contributed by atoms with Gasteiger partial charge in [0, 0.05) is 25.3 Å². The highest BCUT2D eigenvalue weighted by molar-refractivity contribution is 7.80. The number of likely N-dealkylation sites (tertiary alicyclic amines) is 1. The van der Waals surface area contributed by atoms with Crippen LogP contribution in [0.1, 0.15) is 31.4 Å². The molecule has 1 atom stereocenters. The Morgan fingerprint density at radius 2 is 2.05 bits per heavy atom. The lowest BCUT2D eigenvalue weighted by Gasteiger charge is -2.32. The molecule has 0 amide bonds. The monoisotopic (exact) mass is 291 g/mol. The third kappa shape index (κ3) is 2.91. The van der Waals surface area contributed by atoms with Gasteiger partial charge in [-0.1, -0.05) is 18.6 Å². The van der Waals surface area contributed by atoms with Crippen LogP contribution >= 0.6 is 12.2 Å². The highest BCUT2D eigenvalue weighted by atomic mass is 32.1. The highest BCUT2D eigenvalue weighted by Gasteiger charge is 2.29. The summed E-state index contributed by atoms with van der Waals surface area (Å²) < 4.78 is 0. The van der Waals surface area contributed by atoms with E-state index < -0.39 is 0 Å². The van der Waals surface area contributed by atoms with Gasteiger partial charge in [0.2, 0.25) is 5.95 Å². The fourth-order valence-electron chi connectivity index (χ4n) is 3.14. The average molecular weight is 291 g/mol. The van der Waals surface area contributed by atoms with E-state index in [1.54, 1.807) is 12.3 Å². The smallest absolute Gasteiger partial charge is 0.225 e. The zero-order chi connectivity index (χ0) is 13.9. The van der Waals surface area contributed by atoms with Crippen LogP contribution in [-0.4, -0.2) is 52.1 Å². The molecule has 108 valence electrons. The first-order valence-corrected chi connectivity index (χ1v) is 7.77. The predicted octanol–water partition coefficient (Wildman–Crippen LogP) is 1.18. The van der Waals surface area contributed by atoms with Gasteiger partial charge in [0.05, 0.1) is 0 Å². The molecule has 3 rings (SSSR count). The Kier molecular flexibility index (Phi) is 4.12. The van der Waals surface area contributed by atoms with Gasteiger partial charge in [-0.25, -0.2) is 9.97 Å². The minimum absolute atomic E-state index is 0.334. The Bertz CT molecular complexity index is 486. The summed E-state index contributed by atoms with van der Waals surface area (Å²) in [5, 5.41) is 0. The lowest BCUT2D eigenvalue weighted by molar-refractivity contribution is 0.174. The van der Waals surface area contributed by atoms with Crippen LogP contribution in [0.2, 0.25) is 0 Å². The molecule has 0 spiro atoms. The van der Waals surface area contributed by atoms with Crippen LogP contribution in [-0.2, 0) is 0 Å². The Morgan fingerprint density at radius 3 is 2.80 bits per heavy atom. The predicted molar refractivity (Wildman–Crippen MR) is 84.0 cm³/mol. The largest absolute Gasteiger partial charge is 0.388 e. The summed E-state index contributed by atoms with van der Waals surface area (Å²) in [6.07, 6.45) is 6.99. The van der Waals surface area contributed by atoms with E-state index in [0.717, 1.165) is 19.0 Å². The summed E-state index contributed by atoms with van der Waals surface area (Å²) in [7, 11) is 0. The number of aromatic nitrogens is 2. The Balaban J connectivity index is 1.67. The van der Waals surface area contributed by atoms with Gasteiger partial charge in [-0.3, -0.25) is 4.90 Å². The van der Waals surface area contributed by atoms with Gasteiger partial charge in [0.25, 0.3) is 0 Å². The highest BCUT2D eigenvalue weighted by Crippen LogP contribution is 2.22. The Hall–Kier alpha value is -1.27. The number of thiocarbonyl (C=S) groups is 1. The molecule has 0 aromatic carbocycles. The van der Waals surface area contributed by atoms with E-state index in [0.29, 0.717) is 16.7 Å². The van der Waals surface area contributed by atoms with E-state index in [-0.39, 0.29) is 0 Å². The first kappa shape index (κ1) is 13.7. The van der Waals surface area contributed by atoms with Gasteiger partial charge in [0.1, 0.15) is 10.7 Å². The van der Waals surface area contributed by atoms with Crippen molar-refractivity contribution in [2.45, 2.75) is 31.7 Å². The lowest BCUT2D eigenvalue weighted by Crippen LogP contribution is -2.41. The maximum atomic E-state index is 5.64. The summed E-state index contributed by atoms with van der Waals surface area (Å²) in [6, 6.07) is 2.41. The maximum absolute atomic E-state index is 5.64. The molecular weight excluding hydrogens is 270 g/mol. The number of hydrogen-bond donors (Lipinski definition) is 1. The van der Waals surface area contributed by atoms with Crippen molar-refractivity contribution in [1.29, 1.82) is 0 Å². The Labute approximate surface area is 125 Å². The van der Waals surface area contributed by atoms with Crippen molar-refractivity contribution in [2.75, 3.05) is 31.1 Å². The molecule has 1 aromatic rings. The fraction of sp³-hybridized carbons (Fsp3) is 0.643. The molecule has 2 N–H and O–H groups in total. The zero-order valence-electron chi connectivity index (χ0n) is 11.7. The third-order valence-electron chi connectivity index (χ3n) is 4.25. The van der Waals surface area contributed by atoms with Gasteiger partial charge >= 0.3 is 0 Å². The second-order valence-corrected chi connectivity index (χ2v) is 6.03. The average Bonchev–Trinajstić information content (AvgIpc) is 2.98. The van der Waals surface area contributed by atoms with Crippen LogP contribution in [0.3, 0.4) is 0 Å². The van der Waals surface area contributed by atoms with Crippen molar-refractivity contribution >= 4 is 23.2 Å². The zero-order valence-corrected chi connectivity index (χ0v) is 12.5.